The number of fused-ring (bicyclic) bond motifs is 1. The minimum atomic E-state index is 0.386. The zero-order chi connectivity index (χ0) is 13.9. The van der Waals surface area contributed by atoms with Crippen LogP contribution in [0, 0.1) is 0 Å². The molecular weight excluding hydrogens is 286 g/mol. The van der Waals surface area contributed by atoms with Gasteiger partial charge in [-0.15, -0.1) is 11.3 Å². The van der Waals surface area contributed by atoms with Crippen molar-refractivity contribution in [2.45, 2.75) is 6.61 Å². The van der Waals surface area contributed by atoms with E-state index in [4.69, 9.17) is 22.7 Å². The number of hydrogen-bond donors (Lipinski definition) is 1. The molecule has 0 spiro atoms. The molecule has 1 aromatic heterocycles. The van der Waals surface area contributed by atoms with Crippen molar-refractivity contribution in [3.05, 3.63) is 65.0 Å². The lowest BCUT2D eigenvalue weighted by Crippen LogP contribution is -2.09. The molecule has 0 aliphatic carbocycles. The van der Waals surface area contributed by atoms with Crippen molar-refractivity contribution in [1.29, 1.82) is 0 Å². The predicted molar refractivity (Wildman–Crippen MR) is 88.5 cm³/mol. The van der Waals surface area contributed by atoms with Gasteiger partial charge in [0.25, 0.3) is 0 Å². The van der Waals surface area contributed by atoms with Gasteiger partial charge in [-0.25, -0.2) is 0 Å². The highest BCUT2D eigenvalue weighted by Gasteiger charge is 2.05. The van der Waals surface area contributed by atoms with Crippen molar-refractivity contribution in [1.82, 2.24) is 0 Å². The Kier molecular flexibility index (Phi) is 3.67. The molecule has 2 aromatic carbocycles. The van der Waals surface area contributed by atoms with Crippen LogP contribution in [0.5, 0.6) is 5.75 Å². The number of benzene rings is 2. The van der Waals surface area contributed by atoms with Crippen LogP contribution in [0.25, 0.3) is 10.1 Å². The van der Waals surface area contributed by atoms with Gasteiger partial charge in [0.2, 0.25) is 0 Å². The van der Waals surface area contributed by atoms with Crippen LogP contribution in [0.2, 0.25) is 0 Å². The van der Waals surface area contributed by atoms with Gasteiger partial charge in [-0.1, -0.05) is 42.5 Å². The number of ether oxygens (including phenoxy) is 1. The lowest BCUT2D eigenvalue weighted by Gasteiger charge is -2.07. The Hall–Kier alpha value is -1.91. The minimum Gasteiger partial charge on any atom is -0.489 e. The van der Waals surface area contributed by atoms with E-state index in [1.165, 1.54) is 15.6 Å². The van der Waals surface area contributed by atoms with E-state index in [0.717, 1.165) is 11.3 Å². The Morgan fingerprint density at radius 1 is 1.15 bits per heavy atom. The van der Waals surface area contributed by atoms with Gasteiger partial charge in [-0.05, 0) is 29.0 Å². The van der Waals surface area contributed by atoms with E-state index in [1.807, 2.05) is 30.3 Å². The average molecular weight is 299 g/mol. The average Bonchev–Trinajstić information content (AvgIpc) is 2.89. The third-order valence-electron chi connectivity index (χ3n) is 3.07. The molecule has 0 atom stereocenters. The van der Waals surface area contributed by atoms with Gasteiger partial charge in [-0.2, -0.15) is 0 Å². The minimum absolute atomic E-state index is 0.386. The highest BCUT2D eigenvalue weighted by molar-refractivity contribution is 7.80. The predicted octanol–water partition coefficient (Wildman–Crippen LogP) is 4.11. The second-order valence-electron chi connectivity index (χ2n) is 4.44. The summed E-state index contributed by atoms with van der Waals surface area (Å²) in [5.41, 5.74) is 7.65. The SMILES string of the molecule is NC(=S)c1cccc(OCc2csc3ccccc23)c1. The number of thiocarbonyl (C=S) groups is 1. The first-order chi connectivity index (χ1) is 9.74. The zero-order valence-electron chi connectivity index (χ0n) is 10.7. The van der Waals surface area contributed by atoms with Crippen LogP contribution < -0.4 is 10.5 Å². The monoisotopic (exact) mass is 299 g/mol. The standard InChI is InChI=1S/C16H13NOS2/c17-16(19)11-4-3-5-13(8-11)18-9-12-10-20-15-7-2-1-6-14(12)15/h1-8,10H,9H2,(H2,17,19). The van der Waals surface area contributed by atoms with Crippen molar-refractivity contribution in [2.24, 2.45) is 5.73 Å². The van der Waals surface area contributed by atoms with Crippen LogP contribution >= 0.6 is 23.6 Å². The number of thiophene rings is 1. The Morgan fingerprint density at radius 2 is 2.00 bits per heavy atom. The molecule has 0 unspecified atom stereocenters. The zero-order valence-corrected chi connectivity index (χ0v) is 12.3. The summed E-state index contributed by atoms with van der Waals surface area (Å²) in [5, 5.41) is 3.39. The molecule has 4 heteroatoms. The van der Waals surface area contributed by atoms with Gasteiger partial charge in [-0.3, -0.25) is 0 Å². The normalized spacial score (nSPS) is 10.6. The molecule has 0 bridgehead atoms. The number of rotatable bonds is 4. The molecule has 0 fully saturated rings. The van der Waals surface area contributed by atoms with Gasteiger partial charge >= 0.3 is 0 Å². The molecule has 0 saturated heterocycles. The van der Waals surface area contributed by atoms with E-state index < -0.39 is 0 Å². The Bertz CT molecular complexity index is 764. The van der Waals surface area contributed by atoms with E-state index in [2.05, 4.69) is 23.6 Å². The molecule has 0 radical (unpaired) electrons. The lowest BCUT2D eigenvalue weighted by atomic mass is 10.2. The molecule has 20 heavy (non-hydrogen) atoms. The summed E-state index contributed by atoms with van der Waals surface area (Å²) in [6.07, 6.45) is 0. The van der Waals surface area contributed by atoms with Crippen molar-refractivity contribution in [3.8, 4) is 5.75 Å². The summed E-state index contributed by atoms with van der Waals surface area (Å²) in [6.45, 7) is 0.546. The Balaban J connectivity index is 1.79. The highest BCUT2D eigenvalue weighted by atomic mass is 32.1. The summed E-state index contributed by atoms with van der Waals surface area (Å²) < 4.78 is 7.12. The van der Waals surface area contributed by atoms with Gasteiger partial charge in [0, 0.05) is 15.8 Å². The van der Waals surface area contributed by atoms with Gasteiger partial charge in [0.05, 0.1) is 0 Å². The van der Waals surface area contributed by atoms with Crippen molar-refractivity contribution < 1.29 is 4.74 Å². The second kappa shape index (κ2) is 5.61. The number of nitrogens with two attached hydrogens (primary N) is 1. The first-order valence-electron chi connectivity index (χ1n) is 6.22. The van der Waals surface area contributed by atoms with Crippen molar-refractivity contribution in [2.75, 3.05) is 0 Å². The summed E-state index contributed by atoms with van der Waals surface area (Å²) in [6, 6.07) is 15.9. The maximum absolute atomic E-state index is 5.84. The molecule has 1 heterocycles. The highest BCUT2D eigenvalue weighted by Crippen LogP contribution is 2.26. The van der Waals surface area contributed by atoms with Gasteiger partial charge < -0.3 is 10.5 Å². The molecule has 0 aliphatic rings. The van der Waals surface area contributed by atoms with Crippen molar-refractivity contribution in [3.63, 3.8) is 0 Å². The van der Waals surface area contributed by atoms with E-state index in [9.17, 15) is 0 Å². The van der Waals surface area contributed by atoms with E-state index in [0.29, 0.717) is 11.6 Å². The molecule has 0 saturated carbocycles. The number of hydrogen-bond acceptors (Lipinski definition) is 3. The fourth-order valence-electron chi connectivity index (χ4n) is 2.04. The Morgan fingerprint density at radius 3 is 2.85 bits per heavy atom. The van der Waals surface area contributed by atoms with Crippen LogP contribution in [0.15, 0.2) is 53.9 Å². The second-order valence-corrected chi connectivity index (χ2v) is 5.79. The maximum atomic E-state index is 5.84. The Labute approximate surface area is 126 Å². The molecule has 3 aromatic rings. The molecule has 0 amide bonds. The fraction of sp³-hybridized carbons (Fsp3) is 0.0625. The molecular formula is C16H13NOS2. The van der Waals surface area contributed by atoms with Crippen LogP contribution in [0.4, 0.5) is 0 Å². The van der Waals surface area contributed by atoms with Crippen LogP contribution in [0.1, 0.15) is 11.1 Å². The third kappa shape index (κ3) is 2.66. The third-order valence-corrected chi connectivity index (χ3v) is 4.32. The van der Waals surface area contributed by atoms with Crippen LogP contribution in [-0.4, -0.2) is 4.99 Å². The van der Waals surface area contributed by atoms with Crippen molar-refractivity contribution >= 4 is 38.6 Å². The van der Waals surface area contributed by atoms with Crippen LogP contribution in [0.3, 0.4) is 0 Å². The molecule has 0 aliphatic heterocycles. The smallest absolute Gasteiger partial charge is 0.120 e. The van der Waals surface area contributed by atoms with Gasteiger partial charge in [0.15, 0.2) is 0 Å². The summed E-state index contributed by atoms with van der Waals surface area (Å²) in [7, 11) is 0. The molecule has 2 nitrogen and oxygen atoms in total. The first kappa shape index (κ1) is 13.1. The van der Waals surface area contributed by atoms with E-state index in [-0.39, 0.29) is 0 Å². The maximum Gasteiger partial charge on any atom is 0.120 e. The summed E-state index contributed by atoms with van der Waals surface area (Å²) in [5.74, 6) is 0.783. The molecule has 3 rings (SSSR count). The summed E-state index contributed by atoms with van der Waals surface area (Å²) >= 11 is 6.71. The fourth-order valence-corrected chi connectivity index (χ4v) is 3.12. The molecule has 100 valence electrons. The van der Waals surface area contributed by atoms with Gasteiger partial charge in [0.1, 0.15) is 17.3 Å². The van der Waals surface area contributed by atoms with E-state index >= 15 is 0 Å². The summed E-state index contributed by atoms with van der Waals surface area (Å²) in [4.78, 5) is 0.386. The van der Waals surface area contributed by atoms with Crippen LogP contribution in [-0.2, 0) is 6.61 Å². The molecule has 2 N–H and O–H groups in total. The first-order valence-corrected chi connectivity index (χ1v) is 7.50. The largest absolute Gasteiger partial charge is 0.489 e. The quantitative estimate of drug-likeness (QED) is 0.736. The lowest BCUT2D eigenvalue weighted by molar-refractivity contribution is 0.308. The topological polar surface area (TPSA) is 35.2 Å². The van der Waals surface area contributed by atoms with E-state index in [1.54, 1.807) is 11.3 Å².